The van der Waals surface area contributed by atoms with Crippen LogP contribution in [0.1, 0.15) is 37.7 Å². The summed E-state index contributed by atoms with van der Waals surface area (Å²) in [5, 5.41) is 3.05. The lowest BCUT2D eigenvalue weighted by Crippen LogP contribution is -2.32. The number of hydrogen-bond donors (Lipinski definition) is 1. The molecular weight excluding hydrogens is 210 g/mol. The van der Waals surface area contributed by atoms with Gasteiger partial charge in [-0.05, 0) is 31.5 Å². The summed E-state index contributed by atoms with van der Waals surface area (Å²) in [6, 6.07) is 4.98. The van der Waals surface area contributed by atoms with E-state index in [4.69, 9.17) is 0 Å². The molecule has 3 heteroatoms. The molecule has 1 N–H and O–H groups in total. The lowest BCUT2D eigenvalue weighted by molar-refractivity contribution is 0.184. The highest BCUT2D eigenvalue weighted by Gasteiger charge is 2.17. The molecule has 2 rings (SSSR count). The van der Waals surface area contributed by atoms with E-state index < -0.39 is 0 Å². The summed E-state index contributed by atoms with van der Waals surface area (Å²) in [5.74, 6) is 0.939. The van der Waals surface area contributed by atoms with Crippen LogP contribution >= 0.6 is 0 Å². The fraction of sp³-hybridized carbons (Fsp3) is 0.643. The third kappa shape index (κ3) is 3.43. The van der Waals surface area contributed by atoms with E-state index in [2.05, 4.69) is 28.3 Å². The van der Waals surface area contributed by atoms with Gasteiger partial charge in [0.1, 0.15) is 5.82 Å². The Morgan fingerprint density at radius 1 is 1.29 bits per heavy atom. The van der Waals surface area contributed by atoms with Gasteiger partial charge in [-0.2, -0.15) is 0 Å². The largest absolute Gasteiger partial charge is 0.373 e. The molecule has 0 radical (unpaired) electrons. The lowest BCUT2D eigenvalue weighted by atomic mass is 9.94. The summed E-state index contributed by atoms with van der Waals surface area (Å²) < 4.78 is 0. The van der Waals surface area contributed by atoms with E-state index >= 15 is 0 Å². The maximum atomic E-state index is 4.36. The number of anilines is 1. The number of nitrogens with one attached hydrogen (secondary N) is 1. The third-order valence-electron chi connectivity index (χ3n) is 3.71. The van der Waals surface area contributed by atoms with Crippen LogP contribution in [0.2, 0.25) is 0 Å². The van der Waals surface area contributed by atoms with Crippen molar-refractivity contribution in [2.24, 2.45) is 0 Å². The van der Waals surface area contributed by atoms with E-state index in [1.54, 1.807) is 0 Å². The Balaban J connectivity index is 1.89. The molecule has 0 amide bonds. The highest BCUT2D eigenvalue weighted by molar-refractivity contribution is 5.34. The summed E-state index contributed by atoms with van der Waals surface area (Å²) in [7, 11) is 4.14. The number of hydrogen-bond acceptors (Lipinski definition) is 3. The van der Waals surface area contributed by atoms with Gasteiger partial charge >= 0.3 is 0 Å². The van der Waals surface area contributed by atoms with Crippen molar-refractivity contribution in [1.82, 2.24) is 9.88 Å². The van der Waals surface area contributed by atoms with E-state index in [9.17, 15) is 0 Å². The molecule has 0 spiro atoms. The first kappa shape index (κ1) is 12.4. The SMILES string of the molecule is CNc1ccc(CN(C)C2CCCCC2)cn1. The van der Waals surface area contributed by atoms with Gasteiger partial charge in [-0.1, -0.05) is 25.3 Å². The van der Waals surface area contributed by atoms with Gasteiger partial charge in [0.2, 0.25) is 0 Å². The second kappa shape index (κ2) is 6.01. The molecule has 1 aliphatic carbocycles. The van der Waals surface area contributed by atoms with Crippen molar-refractivity contribution in [2.75, 3.05) is 19.4 Å². The maximum absolute atomic E-state index is 4.36. The van der Waals surface area contributed by atoms with Crippen molar-refractivity contribution in [2.45, 2.75) is 44.7 Å². The lowest BCUT2D eigenvalue weighted by Gasteiger charge is -2.31. The average Bonchev–Trinajstić information content (AvgIpc) is 2.40. The van der Waals surface area contributed by atoms with Gasteiger partial charge in [-0.3, -0.25) is 4.90 Å². The Morgan fingerprint density at radius 3 is 2.65 bits per heavy atom. The highest BCUT2D eigenvalue weighted by atomic mass is 15.1. The van der Waals surface area contributed by atoms with Crippen molar-refractivity contribution in [3.63, 3.8) is 0 Å². The molecule has 1 aromatic rings. The minimum absolute atomic E-state index is 0.771. The summed E-state index contributed by atoms with van der Waals surface area (Å²) in [5.41, 5.74) is 1.30. The summed E-state index contributed by atoms with van der Waals surface area (Å²) in [6.45, 7) is 1.02. The summed E-state index contributed by atoms with van der Waals surface area (Å²) in [4.78, 5) is 6.84. The van der Waals surface area contributed by atoms with Gasteiger partial charge in [0, 0.05) is 25.8 Å². The van der Waals surface area contributed by atoms with Gasteiger partial charge in [-0.15, -0.1) is 0 Å². The van der Waals surface area contributed by atoms with E-state index in [0.29, 0.717) is 0 Å². The van der Waals surface area contributed by atoms with Crippen LogP contribution in [-0.2, 0) is 6.54 Å². The van der Waals surface area contributed by atoms with E-state index in [1.807, 2.05) is 19.3 Å². The van der Waals surface area contributed by atoms with Crippen LogP contribution in [0, 0.1) is 0 Å². The normalized spacial score (nSPS) is 17.4. The fourth-order valence-electron chi connectivity index (χ4n) is 2.60. The molecule has 0 bridgehead atoms. The quantitative estimate of drug-likeness (QED) is 0.866. The average molecular weight is 233 g/mol. The van der Waals surface area contributed by atoms with Crippen LogP contribution in [0.25, 0.3) is 0 Å². The molecule has 0 aromatic carbocycles. The molecule has 1 saturated carbocycles. The molecule has 0 unspecified atom stereocenters. The van der Waals surface area contributed by atoms with Gasteiger partial charge < -0.3 is 5.32 Å². The zero-order valence-electron chi connectivity index (χ0n) is 10.9. The molecule has 1 aromatic heterocycles. The monoisotopic (exact) mass is 233 g/mol. The van der Waals surface area contributed by atoms with Crippen LogP contribution in [0.15, 0.2) is 18.3 Å². The molecule has 1 fully saturated rings. The maximum Gasteiger partial charge on any atom is 0.125 e. The Kier molecular flexibility index (Phi) is 4.37. The summed E-state index contributed by atoms with van der Waals surface area (Å²) >= 11 is 0. The summed E-state index contributed by atoms with van der Waals surface area (Å²) in [6.07, 6.45) is 8.91. The second-order valence-corrected chi connectivity index (χ2v) is 5.01. The van der Waals surface area contributed by atoms with E-state index in [1.165, 1.54) is 37.7 Å². The smallest absolute Gasteiger partial charge is 0.125 e. The van der Waals surface area contributed by atoms with Gasteiger partial charge in [0.15, 0.2) is 0 Å². The Hall–Kier alpha value is -1.09. The molecule has 3 nitrogen and oxygen atoms in total. The molecule has 17 heavy (non-hydrogen) atoms. The topological polar surface area (TPSA) is 28.2 Å². The van der Waals surface area contributed by atoms with Crippen molar-refractivity contribution in [3.05, 3.63) is 23.9 Å². The third-order valence-corrected chi connectivity index (χ3v) is 3.71. The van der Waals surface area contributed by atoms with Gasteiger partial charge in [0.25, 0.3) is 0 Å². The standard InChI is InChI=1S/C14H23N3/c1-15-14-9-8-12(10-16-14)11-17(2)13-6-4-3-5-7-13/h8-10,13H,3-7,11H2,1-2H3,(H,15,16). The molecule has 1 heterocycles. The Bertz CT molecular complexity index is 328. The van der Waals surface area contributed by atoms with Crippen LogP contribution in [0.3, 0.4) is 0 Å². The minimum Gasteiger partial charge on any atom is -0.373 e. The van der Waals surface area contributed by atoms with Crippen molar-refractivity contribution in [1.29, 1.82) is 0 Å². The van der Waals surface area contributed by atoms with Crippen LogP contribution in [0.4, 0.5) is 5.82 Å². The second-order valence-electron chi connectivity index (χ2n) is 5.01. The van der Waals surface area contributed by atoms with Crippen LogP contribution in [-0.4, -0.2) is 30.0 Å². The first-order chi connectivity index (χ1) is 8.29. The van der Waals surface area contributed by atoms with Crippen molar-refractivity contribution >= 4 is 5.82 Å². The molecule has 0 saturated heterocycles. The minimum atomic E-state index is 0.771. The first-order valence-corrected chi connectivity index (χ1v) is 6.62. The number of aromatic nitrogens is 1. The molecule has 94 valence electrons. The molecule has 0 aliphatic heterocycles. The number of nitrogens with zero attached hydrogens (tertiary/aromatic N) is 2. The Morgan fingerprint density at radius 2 is 2.06 bits per heavy atom. The zero-order valence-corrected chi connectivity index (χ0v) is 10.9. The molecular formula is C14H23N3. The van der Waals surface area contributed by atoms with Gasteiger partial charge in [0.05, 0.1) is 0 Å². The zero-order chi connectivity index (χ0) is 12.1. The van der Waals surface area contributed by atoms with E-state index in [0.717, 1.165) is 18.4 Å². The number of pyridine rings is 1. The first-order valence-electron chi connectivity index (χ1n) is 6.62. The molecule has 1 aliphatic rings. The van der Waals surface area contributed by atoms with Gasteiger partial charge in [-0.25, -0.2) is 4.98 Å². The number of rotatable bonds is 4. The van der Waals surface area contributed by atoms with Crippen LogP contribution in [0.5, 0.6) is 0 Å². The van der Waals surface area contributed by atoms with Crippen molar-refractivity contribution < 1.29 is 0 Å². The predicted octanol–water partition coefficient (Wildman–Crippen LogP) is 2.89. The predicted molar refractivity (Wildman–Crippen MR) is 72.1 cm³/mol. The Labute approximate surface area is 104 Å². The fourth-order valence-corrected chi connectivity index (χ4v) is 2.60. The highest BCUT2D eigenvalue weighted by Crippen LogP contribution is 2.22. The van der Waals surface area contributed by atoms with E-state index in [-0.39, 0.29) is 0 Å². The van der Waals surface area contributed by atoms with Crippen LogP contribution < -0.4 is 5.32 Å². The van der Waals surface area contributed by atoms with Crippen molar-refractivity contribution in [3.8, 4) is 0 Å². The molecule has 0 atom stereocenters.